The van der Waals surface area contributed by atoms with E-state index in [2.05, 4.69) is 25.7 Å². The molecule has 3 heteroatoms. The number of rotatable bonds is 3. The van der Waals surface area contributed by atoms with Crippen molar-refractivity contribution in [3.05, 3.63) is 41.4 Å². The number of anilines is 1. The number of benzene rings is 1. The molecule has 1 rings (SSSR count). The third-order valence-electron chi connectivity index (χ3n) is 2.09. The Bertz CT molecular complexity index is 385. The van der Waals surface area contributed by atoms with E-state index in [4.69, 9.17) is 11.6 Å². The Labute approximate surface area is 94.9 Å². The molecule has 0 aromatic heterocycles. The van der Waals surface area contributed by atoms with Crippen LogP contribution in [0.2, 0.25) is 5.02 Å². The van der Waals surface area contributed by atoms with Crippen molar-refractivity contribution in [2.75, 3.05) is 5.32 Å². The van der Waals surface area contributed by atoms with Crippen LogP contribution in [0.15, 0.2) is 30.9 Å². The fraction of sp³-hybridized carbons (Fsp3) is 0.250. The average molecular weight is 224 g/mol. The Morgan fingerprint density at radius 2 is 2.20 bits per heavy atom. The second-order valence-corrected chi connectivity index (χ2v) is 3.93. The van der Waals surface area contributed by atoms with E-state index in [0.717, 1.165) is 5.56 Å². The zero-order valence-electron chi connectivity index (χ0n) is 8.88. The molecule has 0 saturated heterocycles. The number of halogens is 1. The summed E-state index contributed by atoms with van der Waals surface area (Å²) >= 11 is 6.16. The van der Waals surface area contributed by atoms with Crippen molar-refractivity contribution < 1.29 is 4.79 Å². The maximum absolute atomic E-state index is 11.1. The zero-order chi connectivity index (χ0) is 11.4. The Balaban J connectivity index is 3.04. The number of carbonyl (C=O) groups excluding carboxylic acids is 1. The monoisotopic (exact) mass is 223 g/mol. The topological polar surface area (TPSA) is 29.1 Å². The maximum Gasteiger partial charge on any atom is 0.247 e. The number of amides is 1. The molecule has 80 valence electrons. The highest BCUT2D eigenvalue weighted by Gasteiger charge is 2.09. The lowest BCUT2D eigenvalue weighted by atomic mass is 10.0. The molecule has 2 nitrogen and oxygen atoms in total. The Morgan fingerprint density at radius 1 is 1.53 bits per heavy atom. The summed E-state index contributed by atoms with van der Waals surface area (Å²) in [6.07, 6.45) is 1.22. The van der Waals surface area contributed by atoms with Gasteiger partial charge in [-0.3, -0.25) is 4.79 Å². The van der Waals surface area contributed by atoms with Gasteiger partial charge in [0.05, 0.1) is 10.7 Å². The van der Waals surface area contributed by atoms with E-state index < -0.39 is 0 Å². The summed E-state index contributed by atoms with van der Waals surface area (Å²) in [4.78, 5) is 11.1. The molecule has 0 bridgehead atoms. The van der Waals surface area contributed by atoms with Crippen molar-refractivity contribution in [1.29, 1.82) is 0 Å². The highest BCUT2D eigenvalue weighted by molar-refractivity contribution is 6.34. The van der Waals surface area contributed by atoms with Crippen molar-refractivity contribution in [2.45, 2.75) is 19.8 Å². The predicted molar refractivity (Wildman–Crippen MR) is 64.4 cm³/mol. The van der Waals surface area contributed by atoms with Gasteiger partial charge in [-0.1, -0.05) is 44.2 Å². The molecule has 1 amide bonds. The fourth-order valence-electron chi connectivity index (χ4n) is 1.28. The molecule has 0 saturated carbocycles. The molecule has 0 radical (unpaired) electrons. The highest BCUT2D eigenvalue weighted by Crippen LogP contribution is 2.30. The molecule has 15 heavy (non-hydrogen) atoms. The van der Waals surface area contributed by atoms with Crippen LogP contribution in [0.5, 0.6) is 0 Å². The van der Waals surface area contributed by atoms with Crippen LogP contribution in [0.3, 0.4) is 0 Å². The highest BCUT2D eigenvalue weighted by atomic mass is 35.5. The second-order valence-electron chi connectivity index (χ2n) is 3.56. The summed E-state index contributed by atoms with van der Waals surface area (Å²) in [7, 11) is 0. The Morgan fingerprint density at radius 3 is 2.73 bits per heavy atom. The summed E-state index contributed by atoms with van der Waals surface area (Å²) < 4.78 is 0. The van der Waals surface area contributed by atoms with Crippen molar-refractivity contribution in [2.24, 2.45) is 0 Å². The van der Waals surface area contributed by atoms with Crippen LogP contribution in [0.4, 0.5) is 5.69 Å². The van der Waals surface area contributed by atoms with Gasteiger partial charge in [-0.05, 0) is 23.6 Å². The van der Waals surface area contributed by atoms with Gasteiger partial charge in [-0.25, -0.2) is 0 Å². The van der Waals surface area contributed by atoms with Gasteiger partial charge in [-0.15, -0.1) is 0 Å². The summed E-state index contributed by atoms with van der Waals surface area (Å²) in [6, 6.07) is 5.60. The van der Waals surface area contributed by atoms with Crippen molar-refractivity contribution in [1.82, 2.24) is 0 Å². The van der Waals surface area contributed by atoms with E-state index in [9.17, 15) is 4.79 Å². The number of carbonyl (C=O) groups is 1. The predicted octanol–water partition coefficient (Wildman–Crippen LogP) is 3.59. The van der Waals surface area contributed by atoms with Crippen molar-refractivity contribution in [3.63, 3.8) is 0 Å². The molecule has 0 spiro atoms. The molecule has 0 atom stereocenters. The van der Waals surface area contributed by atoms with Crippen molar-refractivity contribution in [3.8, 4) is 0 Å². The van der Waals surface area contributed by atoms with E-state index in [-0.39, 0.29) is 5.91 Å². The minimum absolute atomic E-state index is 0.252. The summed E-state index contributed by atoms with van der Waals surface area (Å²) in [5.74, 6) is 0.0795. The average Bonchev–Trinajstić information content (AvgIpc) is 2.20. The summed E-state index contributed by atoms with van der Waals surface area (Å²) in [5.41, 5.74) is 1.66. The molecule has 0 fully saturated rings. The van der Waals surface area contributed by atoms with Gasteiger partial charge in [0.1, 0.15) is 0 Å². The lowest BCUT2D eigenvalue weighted by molar-refractivity contribution is -0.111. The molecular formula is C12H14ClNO. The lowest BCUT2D eigenvalue weighted by Gasteiger charge is -2.12. The first-order valence-electron chi connectivity index (χ1n) is 4.78. The van der Waals surface area contributed by atoms with E-state index in [1.54, 1.807) is 6.07 Å². The van der Waals surface area contributed by atoms with Crippen molar-refractivity contribution >= 4 is 23.2 Å². The minimum Gasteiger partial charge on any atom is -0.321 e. The standard InChI is InChI=1S/C12H14ClNO/c1-4-11(15)14-10-7-5-6-9(8(2)3)12(10)13/h4-8H,1H2,2-3H3,(H,14,15). The number of hydrogen-bond donors (Lipinski definition) is 1. The molecule has 1 N–H and O–H groups in total. The largest absolute Gasteiger partial charge is 0.321 e. The molecule has 0 unspecified atom stereocenters. The third-order valence-corrected chi connectivity index (χ3v) is 2.52. The van der Waals surface area contributed by atoms with Crippen LogP contribution in [-0.4, -0.2) is 5.91 Å². The van der Waals surface area contributed by atoms with Gasteiger partial charge in [0.15, 0.2) is 0 Å². The molecule has 0 aliphatic carbocycles. The molecule has 1 aromatic rings. The van der Waals surface area contributed by atoms with E-state index in [1.165, 1.54) is 6.08 Å². The normalized spacial score (nSPS) is 10.1. The summed E-state index contributed by atoms with van der Waals surface area (Å²) in [5, 5.41) is 3.27. The van der Waals surface area contributed by atoms with Crippen LogP contribution in [0.1, 0.15) is 25.3 Å². The van der Waals surface area contributed by atoms with E-state index >= 15 is 0 Å². The zero-order valence-corrected chi connectivity index (χ0v) is 9.64. The smallest absolute Gasteiger partial charge is 0.247 e. The molecule has 0 heterocycles. The van der Waals surface area contributed by atoms with Gasteiger partial charge in [-0.2, -0.15) is 0 Å². The molecule has 1 aromatic carbocycles. The van der Waals surface area contributed by atoms with Crippen LogP contribution in [0, 0.1) is 0 Å². The van der Waals surface area contributed by atoms with Gasteiger partial charge in [0, 0.05) is 0 Å². The van der Waals surface area contributed by atoms with Crippen LogP contribution in [0.25, 0.3) is 0 Å². The van der Waals surface area contributed by atoms with Gasteiger partial charge in [0.2, 0.25) is 5.91 Å². The lowest BCUT2D eigenvalue weighted by Crippen LogP contribution is -2.08. The molecule has 0 aliphatic heterocycles. The fourth-order valence-corrected chi connectivity index (χ4v) is 1.67. The molecular weight excluding hydrogens is 210 g/mol. The Kier molecular flexibility index (Phi) is 3.92. The SMILES string of the molecule is C=CC(=O)Nc1cccc(C(C)C)c1Cl. The first kappa shape index (κ1) is 11.8. The molecule has 0 aliphatic rings. The third kappa shape index (κ3) is 2.83. The number of nitrogens with one attached hydrogen (secondary N) is 1. The van der Waals surface area contributed by atoms with Crippen LogP contribution in [-0.2, 0) is 4.79 Å². The van der Waals surface area contributed by atoms with Gasteiger partial charge < -0.3 is 5.32 Å². The van der Waals surface area contributed by atoms with Crippen LogP contribution >= 0.6 is 11.6 Å². The minimum atomic E-state index is -0.252. The van der Waals surface area contributed by atoms with Gasteiger partial charge >= 0.3 is 0 Å². The second kappa shape index (κ2) is 4.99. The first-order valence-corrected chi connectivity index (χ1v) is 5.16. The van der Waals surface area contributed by atoms with E-state index in [1.807, 2.05) is 12.1 Å². The first-order chi connectivity index (χ1) is 7.06. The number of hydrogen-bond acceptors (Lipinski definition) is 1. The van der Waals surface area contributed by atoms with Crippen LogP contribution < -0.4 is 5.32 Å². The summed E-state index contributed by atoms with van der Waals surface area (Å²) in [6.45, 7) is 7.50. The van der Waals surface area contributed by atoms with E-state index in [0.29, 0.717) is 16.6 Å². The maximum atomic E-state index is 11.1. The van der Waals surface area contributed by atoms with Gasteiger partial charge in [0.25, 0.3) is 0 Å². The quantitative estimate of drug-likeness (QED) is 0.780. The Hall–Kier alpha value is -1.28.